The second-order valence-electron chi connectivity index (χ2n) is 9.96. The minimum absolute atomic E-state index is 0.118. The molecule has 1 unspecified atom stereocenters. The van der Waals surface area contributed by atoms with Crippen molar-refractivity contribution in [3.8, 4) is 0 Å². The van der Waals surface area contributed by atoms with Crippen LogP contribution >= 0.6 is 11.3 Å². The fourth-order valence-electron chi connectivity index (χ4n) is 4.67. The Morgan fingerprint density at radius 2 is 1.79 bits per heavy atom. The van der Waals surface area contributed by atoms with Gasteiger partial charge in [0.25, 0.3) is 11.8 Å². The van der Waals surface area contributed by atoms with E-state index in [1.807, 2.05) is 32.2 Å². The molecular formula is C30H37N7O4S. The SMILES string of the molecule is CCC(CC)OC(=O)C(CNC(=O)c1cccs1)NC(=O)c1c(C)nc(NCCCc2cccc3[nH]ncc23)nc1C. The Labute approximate surface area is 248 Å². The van der Waals surface area contributed by atoms with Crippen LogP contribution in [0.4, 0.5) is 5.95 Å². The van der Waals surface area contributed by atoms with Gasteiger partial charge in [0.05, 0.1) is 33.5 Å². The molecule has 0 saturated carbocycles. The summed E-state index contributed by atoms with van der Waals surface area (Å²) in [6.07, 6.45) is 4.56. The normalized spacial score (nSPS) is 11.8. The maximum absolute atomic E-state index is 13.4. The van der Waals surface area contributed by atoms with Gasteiger partial charge < -0.3 is 20.7 Å². The average Bonchev–Trinajstić information content (AvgIpc) is 3.69. The van der Waals surface area contributed by atoms with E-state index in [2.05, 4.69) is 42.2 Å². The number of nitrogens with zero attached hydrogens (tertiary/aromatic N) is 3. The van der Waals surface area contributed by atoms with Gasteiger partial charge in [-0.05, 0) is 62.6 Å². The van der Waals surface area contributed by atoms with Crippen LogP contribution in [0.15, 0.2) is 41.9 Å². The predicted molar refractivity (Wildman–Crippen MR) is 163 cm³/mol. The second-order valence-corrected chi connectivity index (χ2v) is 10.9. The highest BCUT2D eigenvalue weighted by molar-refractivity contribution is 7.12. The number of anilines is 1. The van der Waals surface area contributed by atoms with E-state index in [1.54, 1.807) is 31.4 Å². The number of carbonyl (C=O) groups excluding carboxylic acids is 3. The third kappa shape index (κ3) is 7.69. The standard InChI is InChI=1S/C30H37N7O4S/c1-5-21(6-2)41-29(40)24(17-32-27(38)25-13-9-15-42-25)36-28(39)26-18(3)34-30(35-19(26)4)31-14-8-11-20-10-7-12-23-22(20)16-33-37-23/h7,9-10,12-13,15-16,21,24H,5-6,8,11,14,17H2,1-4H3,(H,32,38)(H,33,37)(H,36,39)(H,31,34,35). The number of carbonyl (C=O) groups is 3. The van der Waals surface area contributed by atoms with Gasteiger partial charge in [-0.1, -0.05) is 32.0 Å². The molecule has 4 aromatic rings. The molecule has 0 aliphatic carbocycles. The fourth-order valence-corrected chi connectivity index (χ4v) is 5.31. The summed E-state index contributed by atoms with van der Waals surface area (Å²) in [6.45, 7) is 7.83. The molecule has 4 N–H and O–H groups in total. The highest BCUT2D eigenvalue weighted by Crippen LogP contribution is 2.18. The van der Waals surface area contributed by atoms with Crippen LogP contribution in [-0.4, -0.2) is 63.2 Å². The molecule has 3 heterocycles. The van der Waals surface area contributed by atoms with Gasteiger partial charge in [-0.25, -0.2) is 14.8 Å². The van der Waals surface area contributed by atoms with Crippen molar-refractivity contribution in [3.63, 3.8) is 0 Å². The largest absolute Gasteiger partial charge is 0.461 e. The van der Waals surface area contributed by atoms with Gasteiger partial charge in [0, 0.05) is 18.5 Å². The van der Waals surface area contributed by atoms with Crippen LogP contribution < -0.4 is 16.0 Å². The number of hydrogen-bond acceptors (Lipinski definition) is 9. The van der Waals surface area contributed by atoms with Crippen LogP contribution in [0.25, 0.3) is 10.9 Å². The maximum Gasteiger partial charge on any atom is 0.330 e. The fraction of sp³-hybridized carbons (Fsp3) is 0.400. The highest BCUT2D eigenvalue weighted by atomic mass is 32.1. The zero-order valence-electron chi connectivity index (χ0n) is 24.3. The zero-order chi connectivity index (χ0) is 30.1. The molecule has 222 valence electrons. The van der Waals surface area contributed by atoms with E-state index in [9.17, 15) is 14.4 Å². The Balaban J connectivity index is 1.39. The number of benzene rings is 1. The van der Waals surface area contributed by atoms with E-state index in [4.69, 9.17) is 4.74 Å². The number of amides is 2. The lowest BCUT2D eigenvalue weighted by atomic mass is 10.1. The molecule has 0 aliphatic rings. The number of aryl methyl sites for hydroxylation is 3. The molecule has 0 saturated heterocycles. The van der Waals surface area contributed by atoms with Gasteiger partial charge in [-0.3, -0.25) is 14.7 Å². The van der Waals surface area contributed by atoms with Gasteiger partial charge in [0.15, 0.2) is 0 Å². The van der Waals surface area contributed by atoms with Gasteiger partial charge in [0.2, 0.25) is 5.95 Å². The Morgan fingerprint density at radius 1 is 1.02 bits per heavy atom. The average molecular weight is 592 g/mol. The highest BCUT2D eigenvalue weighted by Gasteiger charge is 2.28. The lowest BCUT2D eigenvalue weighted by molar-refractivity contribution is -0.151. The molecule has 11 nitrogen and oxygen atoms in total. The molecular weight excluding hydrogens is 554 g/mol. The first-order valence-corrected chi connectivity index (χ1v) is 15.0. The summed E-state index contributed by atoms with van der Waals surface area (Å²) in [4.78, 5) is 48.4. The molecule has 1 atom stereocenters. The minimum atomic E-state index is -1.08. The summed E-state index contributed by atoms with van der Waals surface area (Å²) in [5, 5.41) is 18.7. The molecule has 2 amide bonds. The van der Waals surface area contributed by atoms with E-state index in [0.717, 1.165) is 23.7 Å². The van der Waals surface area contributed by atoms with Crippen LogP contribution in [0.5, 0.6) is 0 Å². The number of hydrogen-bond donors (Lipinski definition) is 4. The molecule has 0 spiro atoms. The molecule has 42 heavy (non-hydrogen) atoms. The van der Waals surface area contributed by atoms with Crippen molar-refractivity contribution in [1.29, 1.82) is 0 Å². The molecule has 4 rings (SSSR count). The number of H-pyrrole nitrogens is 1. The number of esters is 1. The lowest BCUT2D eigenvalue weighted by Gasteiger charge is -2.22. The lowest BCUT2D eigenvalue weighted by Crippen LogP contribution is -2.50. The summed E-state index contributed by atoms with van der Waals surface area (Å²) in [5.41, 5.74) is 3.45. The van der Waals surface area contributed by atoms with Gasteiger partial charge >= 0.3 is 5.97 Å². The summed E-state index contributed by atoms with van der Waals surface area (Å²) in [7, 11) is 0. The first-order chi connectivity index (χ1) is 20.3. The predicted octanol–water partition coefficient (Wildman–Crippen LogP) is 4.34. The molecule has 0 bridgehead atoms. The quantitative estimate of drug-likeness (QED) is 0.125. The van der Waals surface area contributed by atoms with Crippen LogP contribution in [-0.2, 0) is 16.0 Å². The second kappa shape index (κ2) is 14.5. The van der Waals surface area contributed by atoms with E-state index >= 15 is 0 Å². The van der Waals surface area contributed by atoms with Gasteiger partial charge in [0.1, 0.15) is 12.1 Å². The van der Waals surface area contributed by atoms with Crippen molar-refractivity contribution < 1.29 is 19.1 Å². The first-order valence-electron chi connectivity index (χ1n) is 14.1. The van der Waals surface area contributed by atoms with Crippen molar-refractivity contribution in [2.75, 3.05) is 18.4 Å². The Kier molecular flexibility index (Phi) is 10.6. The number of rotatable bonds is 14. The number of nitrogens with one attached hydrogen (secondary N) is 4. The van der Waals surface area contributed by atoms with Crippen molar-refractivity contribution in [2.24, 2.45) is 0 Å². The Bertz CT molecular complexity index is 1490. The number of aromatic amines is 1. The van der Waals surface area contributed by atoms with E-state index in [0.29, 0.717) is 41.6 Å². The maximum atomic E-state index is 13.4. The van der Waals surface area contributed by atoms with Gasteiger partial charge in [-0.15, -0.1) is 11.3 Å². The summed E-state index contributed by atoms with van der Waals surface area (Å²) < 4.78 is 5.61. The third-order valence-corrected chi connectivity index (χ3v) is 7.84. The van der Waals surface area contributed by atoms with E-state index < -0.39 is 17.9 Å². The van der Waals surface area contributed by atoms with Crippen LogP contribution in [0.3, 0.4) is 0 Å². The third-order valence-electron chi connectivity index (χ3n) is 6.97. The molecule has 1 aromatic carbocycles. The molecule has 3 aromatic heterocycles. The van der Waals surface area contributed by atoms with Crippen molar-refractivity contribution in [3.05, 3.63) is 69.3 Å². The smallest absolute Gasteiger partial charge is 0.330 e. The Morgan fingerprint density at radius 3 is 2.48 bits per heavy atom. The topological polar surface area (TPSA) is 151 Å². The minimum Gasteiger partial charge on any atom is -0.461 e. The van der Waals surface area contributed by atoms with Crippen LogP contribution in [0, 0.1) is 13.8 Å². The molecule has 0 aliphatic heterocycles. The summed E-state index contributed by atoms with van der Waals surface area (Å²) in [6, 6.07) is 8.48. The Hall–Kier alpha value is -4.32. The van der Waals surface area contributed by atoms with Crippen LogP contribution in [0.2, 0.25) is 0 Å². The zero-order valence-corrected chi connectivity index (χ0v) is 25.1. The van der Waals surface area contributed by atoms with Crippen LogP contribution in [0.1, 0.15) is 70.1 Å². The molecule has 0 fully saturated rings. The van der Waals surface area contributed by atoms with Crippen molar-refractivity contribution in [1.82, 2.24) is 30.8 Å². The molecule has 0 radical (unpaired) electrons. The van der Waals surface area contributed by atoms with Crippen molar-refractivity contribution in [2.45, 2.75) is 65.5 Å². The number of fused-ring (bicyclic) bond motifs is 1. The number of thiophene rings is 1. The van der Waals surface area contributed by atoms with E-state index in [-0.39, 0.29) is 24.1 Å². The summed E-state index contributed by atoms with van der Waals surface area (Å²) in [5.74, 6) is -1.02. The van der Waals surface area contributed by atoms with Crippen molar-refractivity contribution >= 4 is 46.0 Å². The molecule has 12 heteroatoms. The first kappa shape index (κ1) is 30.6. The number of ether oxygens (including phenoxy) is 1. The summed E-state index contributed by atoms with van der Waals surface area (Å²) >= 11 is 1.29. The number of aromatic nitrogens is 4. The monoisotopic (exact) mass is 591 g/mol. The van der Waals surface area contributed by atoms with E-state index in [1.165, 1.54) is 16.9 Å². The van der Waals surface area contributed by atoms with Gasteiger partial charge in [-0.2, -0.15) is 5.10 Å².